The van der Waals surface area contributed by atoms with Crippen LogP contribution in [0.3, 0.4) is 0 Å². The number of nitrogens with zero attached hydrogens (tertiary/aromatic N) is 5. The topological polar surface area (TPSA) is 63.9 Å². The summed E-state index contributed by atoms with van der Waals surface area (Å²) >= 11 is 11.6. The zero-order valence-corrected chi connectivity index (χ0v) is 14.9. The first-order valence-corrected chi connectivity index (χ1v) is 8.28. The number of halogens is 2. The van der Waals surface area contributed by atoms with Crippen molar-refractivity contribution in [3.05, 3.63) is 70.9 Å². The Morgan fingerprint density at radius 3 is 2.68 bits per heavy atom. The molecule has 0 saturated heterocycles. The van der Waals surface area contributed by atoms with Gasteiger partial charge < -0.3 is 0 Å². The summed E-state index contributed by atoms with van der Waals surface area (Å²) in [5.74, 6) is 0.489. The normalized spacial score (nSPS) is 10.7. The number of hydrogen-bond acceptors (Lipinski definition) is 4. The average Bonchev–Trinajstić information content (AvgIpc) is 3.00. The minimum absolute atomic E-state index is 0.301. The molecule has 8 heteroatoms. The van der Waals surface area contributed by atoms with E-state index in [1.54, 1.807) is 29.2 Å². The van der Waals surface area contributed by atoms with Crippen LogP contribution in [-0.2, 0) is 20.0 Å². The lowest BCUT2D eigenvalue weighted by Crippen LogP contribution is -2.26. The van der Waals surface area contributed by atoms with Crippen molar-refractivity contribution in [3.63, 3.8) is 0 Å². The lowest BCUT2D eigenvalue weighted by molar-refractivity contribution is 0.263. The molecule has 6 nitrogen and oxygen atoms in total. The highest BCUT2D eigenvalue weighted by Crippen LogP contribution is 2.19. The molecule has 1 amide bonds. The van der Waals surface area contributed by atoms with Crippen molar-refractivity contribution in [1.29, 1.82) is 0 Å². The molecule has 0 saturated carbocycles. The van der Waals surface area contributed by atoms with E-state index < -0.39 is 5.37 Å². The fraction of sp³-hybridized carbons (Fsp3) is 0.176. The number of carbonyl (C=O) groups excluding carboxylic acids is 1. The fourth-order valence-corrected chi connectivity index (χ4v) is 2.66. The second kappa shape index (κ2) is 7.63. The number of amides is 1. The summed E-state index contributed by atoms with van der Waals surface area (Å²) < 4.78 is 1.67. The minimum Gasteiger partial charge on any atom is -0.278 e. The van der Waals surface area contributed by atoms with Crippen molar-refractivity contribution in [3.8, 4) is 0 Å². The van der Waals surface area contributed by atoms with E-state index >= 15 is 0 Å². The molecule has 3 aromatic rings. The molecular weight excluding hydrogens is 361 g/mol. The van der Waals surface area contributed by atoms with E-state index in [2.05, 4.69) is 15.1 Å². The molecule has 0 bridgehead atoms. The van der Waals surface area contributed by atoms with Crippen LogP contribution in [-0.4, -0.2) is 25.1 Å². The SMILES string of the molecule is Cn1cc(CN(C(=O)Cl)c2cccc(Cc3ccc(Cl)nc3)n2)cn1. The zero-order valence-electron chi connectivity index (χ0n) is 13.4. The van der Waals surface area contributed by atoms with Crippen LogP contribution in [0.1, 0.15) is 16.8 Å². The van der Waals surface area contributed by atoms with Crippen molar-refractivity contribution in [1.82, 2.24) is 19.7 Å². The van der Waals surface area contributed by atoms with Crippen LogP contribution >= 0.6 is 23.2 Å². The Morgan fingerprint density at radius 2 is 2.04 bits per heavy atom. The first kappa shape index (κ1) is 17.4. The van der Waals surface area contributed by atoms with Gasteiger partial charge in [-0.2, -0.15) is 5.10 Å². The number of carbonyl (C=O) groups is 1. The second-order valence-electron chi connectivity index (χ2n) is 5.51. The lowest BCUT2D eigenvalue weighted by atomic mass is 10.1. The Balaban J connectivity index is 1.82. The molecule has 3 aromatic heterocycles. The number of anilines is 1. The summed E-state index contributed by atoms with van der Waals surface area (Å²) in [7, 11) is 1.81. The smallest absolute Gasteiger partial charge is 0.278 e. The van der Waals surface area contributed by atoms with Crippen LogP contribution in [0.5, 0.6) is 0 Å². The van der Waals surface area contributed by atoms with E-state index in [4.69, 9.17) is 23.2 Å². The molecule has 3 rings (SSSR count). The third-order valence-electron chi connectivity index (χ3n) is 3.55. The van der Waals surface area contributed by atoms with E-state index in [1.807, 2.05) is 31.4 Å². The summed E-state index contributed by atoms with van der Waals surface area (Å²) in [5.41, 5.74) is 2.64. The van der Waals surface area contributed by atoms with Crippen LogP contribution in [0.15, 0.2) is 48.9 Å². The predicted octanol–water partition coefficient (Wildman–Crippen LogP) is 3.82. The highest BCUT2D eigenvalue weighted by molar-refractivity contribution is 6.66. The molecule has 128 valence electrons. The van der Waals surface area contributed by atoms with Crippen molar-refractivity contribution in [2.75, 3.05) is 4.90 Å². The van der Waals surface area contributed by atoms with Crippen molar-refractivity contribution in [2.45, 2.75) is 13.0 Å². The van der Waals surface area contributed by atoms with Gasteiger partial charge in [-0.3, -0.25) is 14.4 Å². The molecule has 25 heavy (non-hydrogen) atoms. The molecule has 0 aliphatic heterocycles. The molecule has 3 heterocycles. The van der Waals surface area contributed by atoms with Gasteiger partial charge in [-0.25, -0.2) is 9.97 Å². The number of pyridine rings is 2. The molecule has 0 radical (unpaired) electrons. The first-order chi connectivity index (χ1) is 12.0. The van der Waals surface area contributed by atoms with E-state index in [-0.39, 0.29) is 0 Å². The van der Waals surface area contributed by atoms with Gasteiger partial charge >= 0.3 is 5.37 Å². The van der Waals surface area contributed by atoms with Crippen LogP contribution < -0.4 is 4.90 Å². The molecule has 0 spiro atoms. The fourth-order valence-electron chi connectivity index (χ4n) is 2.41. The molecular formula is C17H15Cl2N5O. The van der Waals surface area contributed by atoms with Gasteiger partial charge in [0.25, 0.3) is 0 Å². The molecule has 0 atom stereocenters. The van der Waals surface area contributed by atoms with Gasteiger partial charge in [0, 0.05) is 37.1 Å². The molecule has 0 aromatic carbocycles. The van der Waals surface area contributed by atoms with Gasteiger partial charge in [0.15, 0.2) is 0 Å². The van der Waals surface area contributed by atoms with Crippen molar-refractivity contribution in [2.24, 2.45) is 7.05 Å². The summed E-state index contributed by atoms with van der Waals surface area (Å²) in [5, 5.41) is 3.95. The molecule has 0 aliphatic rings. The Bertz CT molecular complexity index is 879. The van der Waals surface area contributed by atoms with E-state index in [0.717, 1.165) is 16.8 Å². The van der Waals surface area contributed by atoms with Gasteiger partial charge in [-0.05, 0) is 35.4 Å². The standard InChI is InChI=1S/C17H15Cl2N5O/c1-23-10-13(9-21-23)11-24(17(19)25)16-4-2-3-14(22-16)7-12-5-6-15(18)20-8-12/h2-6,8-10H,7,11H2,1H3. The maximum absolute atomic E-state index is 11.9. The van der Waals surface area contributed by atoms with Gasteiger partial charge in [-0.15, -0.1) is 0 Å². The lowest BCUT2D eigenvalue weighted by Gasteiger charge is -2.18. The number of aryl methyl sites for hydroxylation is 1. The van der Waals surface area contributed by atoms with E-state index in [9.17, 15) is 4.79 Å². The molecule has 0 N–H and O–H groups in total. The number of rotatable bonds is 5. The Morgan fingerprint density at radius 1 is 1.20 bits per heavy atom. The summed E-state index contributed by atoms with van der Waals surface area (Å²) in [6, 6.07) is 9.11. The van der Waals surface area contributed by atoms with E-state index in [0.29, 0.717) is 23.9 Å². The number of hydrogen-bond donors (Lipinski definition) is 0. The van der Waals surface area contributed by atoms with Crippen molar-refractivity contribution >= 4 is 34.4 Å². The maximum atomic E-state index is 11.9. The van der Waals surface area contributed by atoms with Crippen LogP contribution in [0, 0.1) is 0 Å². The Labute approximate surface area is 155 Å². The van der Waals surface area contributed by atoms with Crippen LogP contribution in [0.4, 0.5) is 10.6 Å². The zero-order chi connectivity index (χ0) is 17.8. The summed E-state index contributed by atoms with van der Waals surface area (Å²) in [6.07, 6.45) is 5.80. The molecule has 0 aliphatic carbocycles. The average molecular weight is 376 g/mol. The van der Waals surface area contributed by atoms with Crippen LogP contribution in [0.2, 0.25) is 5.15 Å². The predicted molar refractivity (Wildman–Crippen MR) is 96.9 cm³/mol. The van der Waals surface area contributed by atoms with E-state index in [1.165, 1.54) is 4.90 Å². The summed E-state index contributed by atoms with van der Waals surface area (Å²) in [6.45, 7) is 0.301. The third kappa shape index (κ3) is 4.55. The maximum Gasteiger partial charge on any atom is 0.322 e. The monoisotopic (exact) mass is 375 g/mol. The summed E-state index contributed by atoms with van der Waals surface area (Å²) in [4.78, 5) is 21.9. The Hall–Kier alpha value is -2.44. The number of aromatic nitrogens is 4. The van der Waals surface area contributed by atoms with Gasteiger partial charge in [0.2, 0.25) is 0 Å². The van der Waals surface area contributed by atoms with Gasteiger partial charge in [0.1, 0.15) is 11.0 Å². The highest BCUT2D eigenvalue weighted by atomic mass is 35.5. The van der Waals surface area contributed by atoms with Crippen LogP contribution in [0.25, 0.3) is 0 Å². The van der Waals surface area contributed by atoms with Crippen molar-refractivity contribution < 1.29 is 4.79 Å². The first-order valence-electron chi connectivity index (χ1n) is 7.52. The Kier molecular flexibility index (Phi) is 5.31. The largest absolute Gasteiger partial charge is 0.322 e. The van der Waals surface area contributed by atoms with Gasteiger partial charge in [0.05, 0.1) is 12.7 Å². The quantitative estimate of drug-likeness (QED) is 0.386. The molecule has 0 fully saturated rings. The molecule has 0 unspecified atom stereocenters. The second-order valence-corrected chi connectivity index (χ2v) is 6.23. The minimum atomic E-state index is -0.596. The third-order valence-corrected chi connectivity index (χ3v) is 3.98. The van der Waals surface area contributed by atoms with Gasteiger partial charge in [-0.1, -0.05) is 23.7 Å². The highest BCUT2D eigenvalue weighted by Gasteiger charge is 2.16.